The molecule has 0 aromatic heterocycles. The molecular formula is C14H22N2O3. The molecule has 106 valence electrons. The molecule has 0 radical (unpaired) electrons. The van der Waals surface area contributed by atoms with E-state index in [1.165, 1.54) is 7.11 Å². The van der Waals surface area contributed by atoms with Gasteiger partial charge in [-0.05, 0) is 30.6 Å². The molecule has 5 heteroatoms. The topological polar surface area (TPSA) is 49.9 Å². The Bertz CT molecular complexity index is 386. The van der Waals surface area contributed by atoms with Crippen molar-refractivity contribution in [2.45, 2.75) is 19.8 Å². The molecule has 0 aromatic carbocycles. The van der Waals surface area contributed by atoms with Gasteiger partial charge in [-0.15, -0.1) is 0 Å². The van der Waals surface area contributed by atoms with Crippen molar-refractivity contribution in [3.63, 3.8) is 0 Å². The molecule has 0 aromatic rings. The number of amides is 2. The third kappa shape index (κ3) is 2.09. The maximum Gasteiger partial charge on any atom is 0.320 e. The second-order valence-corrected chi connectivity index (χ2v) is 6.33. The zero-order valence-electron chi connectivity index (χ0n) is 11.7. The number of urea groups is 1. The fraction of sp³-hybridized carbons (Fsp3) is 0.857. The zero-order chi connectivity index (χ0) is 13.6. The predicted molar refractivity (Wildman–Crippen MR) is 69.4 cm³/mol. The number of hydrogen-bond acceptors (Lipinski definition) is 3. The van der Waals surface area contributed by atoms with Crippen molar-refractivity contribution in [2.24, 2.45) is 23.7 Å². The predicted octanol–water partition coefficient (Wildman–Crippen LogP) is 1.19. The number of likely N-dealkylation sites (tertiary alicyclic amines) is 1. The van der Waals surface area contributed by atoms with Crippen molar-refractivity contribution in [1.82, 2.24) is 9.80 Å². The molecule has 0 N–H and O–H groups in total. The second kappa shape index (κ2) is 4.69. The number of piperidine rings is 2. The Labute approximate surface area is 113 Å². The number of esters is 1. The van der Waals surface area contributed by atoms with E-state index in [9.17, 15) is 9.59 Å². The van der Waals surface area contributed by atoms with Crippen LogP contribution in [0.2, 0.25) is 0 Å². The Morgan fingerprint density at radius 2 is 1.79 bits per heavy atom. The first-order valence-corrected chi connectivity index (χ1v) is 7.21. The van der Waals surface area contributed by atoms with Crippen LogP contribution in [0.15, 0.2) is 0 Å². The molecule has 4 aliphatic rings. The van der Waals surface area contributed by atoms with Gasteiger partial charge in [-0.1, -0.05) is 6.92 Å². The first-order valence-electron chi connectivity index (χ1n) is 7.21. The summed E-state index contributed by atoms with van der Waals surface area (Å²) in [6, 6.07) is 0.169. The largest absolute Gasteiger partial charge is 0.469 e. The summed E-state index contributed by atoms with van der Waals surface area (Å²) in [7, 11) is 1.45. The molecule has 0 spiro atoms. The average Bonchev–Trinajstić information content (AvgIpc) is 2.84. The van der Waals surface area contributed by atoms with Crippen LogP contribution in [0.3, 0.4) is 0 Å². The van der Waals surface area contributed by atoms with Gasteiger partial charge in [0.1, 0.15) is 0 Å². The Balaban J connectivity index is 1.59. The number of fused-ring (bicyclic) bond motifs is 2. The Kier molecular flexibility index (Phi) is 3.15. The lowest BCUT2D eigenvalue weighted by atomic mass is 9.61. The van der Waals surface area contributed by atoms with E-state index in [1.54, 1.807) is 0 Å². The van der Waals surface area contributed by atoms with Gasteiger partial charge in [0, 0.05) is 26.2 Å². The molecule has 4 fully saturated rings. The molecule has 2 bridgehead atoms. The van der Waals surface area contributed by atoms with Crippen LogP contribution >= 0.6 is 0 Å². The van der Waals surface area contributed by atoms with E-state index in [0.717, 1.165) is 39.0 Å². The highest BCUT2D eigenvalue weighted by molar-refractivity contribution is 5.77. The Morgan fingerprint density at radius 1 is 1.11 bits per heavy atom. The number of ether oxygens (including phenoxy) is 1. The summed E-state index contributed by atoms with van der Waals surface area (Å²) in [5.41, 5.74) is 0. The molecule has 3 heterocycles. The maximum atomic E-state index is 12.4. The summed E-state index contributed by atoms with van der Waals surface area (Å²) in [5.74, 6) is 1.19. The zero-order valence-corrected chi connectivity index (χ0v) is 11.7. The quantitative estimate of drug-likeness (QED) is 0.670. The minimum absolute atomic E-state index is 0.0338. The summed E-state index contributed by atoms with van der Waals surface area (Å²) in [6.45, 7) is 5.39. The molecular weight excluding hydrogens is 244 g/mol. The van der Waals surface area contributed by atoms with E-state index in [2.05, 4.69) is 6.92 Å². The number of nitrogens with zero attached hydrogens (tertiary/aromatic N) is 2. The van der Waals surface area contributed by atoms with Gasteiger partial charge in [0.25, 0.3) is 0 Å². The van der Waals surface area contributed by atoms with E-state index < -0.39 is 0 Å². The van der Waals surface area contributed by atoms with Crippen LogP contribution in [-0.4, -0.2) is 55.1 Å². The van der Waals surface area contributed by atoms with E-state index in [-0.39, 0.29) is 17.9 Å². The molecule has 4 rings (SSSR count). The van der Waals surface area contributed by atoms with Crippen molar-refractivity contribution in [3.8, 4) is 0 Å². The molecule has 3 aliphatic heterocycles. The molecule has 2 amide bonds. The number of carbonyl (C=O) groups is 2. The average molecular weight is 266 g/mol. The molecule has 3 atom stereocenters. The minimum Gasteiger partial charge on any atom is -0.469 e. The van der Waals surface area contributed by atoms with Crippen LogP contribution in [0.4, 0.5) is 4.79 Å². The third-order valence-electron chi connectivity index (χ3n) is 4.97. The lowest BCUT2D eigenvalue weighted by Crippen LogP contribution is -2.60. The normalized spacial score (nSPS) is 36.9. The molecule has 3 unspecified atom stereocenters. The van der Waals surface area contributed by atoms with Gasteiger partial charge in [-0.3, -0.25) is 4.79 Å². The number of methoxy groups -OCH3 is 1. The highest BCUT2D eigenvalue weighted by Gasteiger charge is 2.52. The van der Waals surface area contributed by atoms with Gasteiger partial charge < -0.3 is 14.5 Å². The summed E-state index contributed by atoms with van der Waals surface area (Å²) in [5, 5.41) is 0. The summed E-state index contributed by atoms with van der Waals surface area (Å²) >= 11 is 0. The van der Waals surface area contributed by atoms with Gasteiger partial charge in [0.15, 0.2) is 0 Å². The van der Waals surface area contributed by atoms with Crippen molar-refractivity contribution < 1.29 is 14.3 Å². The number of hydrogen-bond donors (Lipinski definition) is 0. The third-order valence-corrected chi connectivity index (χ3v) is 4.97. The smallest absolute Gasteiger partial charge is 0.320 e. The van der Waals surface area contributed by atoms with Crippen LogP contribution in [0.25, 0.3) is 0 Å². The molecule has 3 saturated heterocycles. The lowest BCUT2D eigenvalue weighted by Gasteiger charge is -2.52. The standard InChI is InChI=1S/C14H22N2O3/c1-9-3-4-15(6-9)14(18)16-7-10-5-11(8-16)12(10)13(17)19-2/h9-12H,3-8H2,1-2H3. The first kappa shape index (κ1) is 12.8. The van der Waals surface area contributed by atoms with Gasteiger partial charge in [-0.25, -0.2) is 4.79 Å². The summed E-state index contributed by atoms with van der Waals surface area (Å²) < 4.78 is 4.85. The minimum atomic E-state index is -0.0943. The highest BCUT2D eigenvalue weighted by atomic mass is 16.5. The Morgan fingerprint density at radius 3 is 2.32 bits per heavy atom. The van der Waals surface area contributed by atoms with E-state index in [0.29, 0.717) is 17.8 Å². The number of rotatable bonds is 1. The highest BCUT2D eigenvalue weighted by Crippen LogP contribution is 2.46. The van der Waals surface area contributed by atoms with E-state index >= 15 is 0 Å². The molecule has 5 nitrogen and oxygen atoms in total. The van der Waals surface area contributed by atoms with Gasteiger partial charge >= 0.3 is 12.0 Å². The first-order chi connectivity index (χ1) is 9.10. The summed E-state index contributed by atoms with van der Waals surface area (Å²) in [4.78, 5) is 27.9. The second-order valence-electron chi connectivity index (χ2n) is 6.33. The van der Waals surface area contributed by atoms with Crippen molar-refractivity contribution in [1.29, 1.82) is 0 Å². The van der Waals surface area contributed by atoms with Crippen LogP contribution in [0.1, 0.15) is 19.8 Å². The van der Waals surface area contributed by atoms with E-state index in [1.807, 2.05) is 9.80 Å². The van der Waals surface area contributed by atoms with Crippen LogP contribution in [0, 0.1) is 23.7 Å². The van der Waals surface area contributed by atoms with Crippen molar-refractivity contribution in [3.05, 3.63) is 0 Å². The fourth-order valence-corrected chi connectivity index (χ4v) is 3.87. The monoisotopic (exact) mass is 266 g/mol. The molecule has 1 saturated carbocycles. The molecule has 19 heavy (non-hydrogen) atoms. The van der Waals surface area contributed by atoms with Crippen molar-refractivity contribution >= 4 is 12.0 Å². The van der Waals surface area contributed by atoms with Crippen LogP contribution in [-0.2, 0) is 9.53 Å². The van der Waals surface area contributed by atoms with Gasteiger partial charge in [0.05, 0.1) is 13.0 Å². The van der Waals surface area contributed by atoms with Gasteiger partial charge in [0.2, 0.25) is 0 Å². The van der Waals surface area contributed by atoms with Crippen molar-refractivity contribution in [2.75, 3.05) is 33.3 Å². The SMILES string of the molecule is COC(=O)C1C2CC1CN(C(=O)N1CCC(C)C1)C2. The number of carbonyl (C=O) groups excluding carboxylic acids is 2. The maximum absolute atomic E-state index is 12.4. The fourth-order valence-electron chi connectivity index (χ4n) is 3.87. The van der Waals surface area contributed by atoms with Crippen LogP contribution in [0.5, 0.6) is 0 Å². The molecule has 1 aliphatic carbocycles. The summed E-state index contributed by atoms with van der Waals surface area (Å²) in [6.07, 6.45) is 2.18. The van der Waals surface area contributed by atoms with Crippen LogP contribution < -0.4 is 0 Å². The van der Waals surface area contributed by atoms with E-state index in [4.69, 9.17) is 4.74 Å². The Hall–Kier alpha value is -1.26. The van der Waals surface area contributed by atoms with Gasteiger partial charge in [-0.2, -0.15) is 0 Å². The lowest BCUT2D eigenvalue weighted by molar-refractivity contribution is -0.161.